The lowest BCUT2D eigenvalue weighted by Gasteiger charge is -2.11. The molecule has 0 unspecified atom stereocenters. The van der Waals surface area contributed by atoms with E-state index >= 15 is 0 Å². The molecule has 0 saturated heterocycles. The van der Waals surface area contributed by atoms with E-state index in [0.29, 0.717) is 22.9 Å². The molecule has 0 spiro atoms. The molecule has 0 atom stereocenters. The van der Waals surface area contributed by atoms with Crippen molar-refractivity contribution in [2.45, 2.75) is 13.8 Å². The van der Waals surface area contributed by atoms with E-state index in [1.165, 1.54) is 0 Å². The normalized spacial score (nSPS) is 10.2. The second kappa shape index (κ2) is 6.50. The predicted molar refractivity (Wildman–Crippen MR) is 86.2 cm³/mol. The third-order valence-electron chi connectivity index (χ3n) is 2.94. The highest BCUT2D eigenvalue weighted by Crippen LogP contribution is 2.23. The topological polar surface area (TPSA) is 64.3 Å². The first kappa shape index (κ1) is 15.2. The molecule has 2 aromatic rings. The average Bonchev–Trinajstić information content (AvgIpc) is 2.41. The number of amides is 1. The number of rotatable bonds is 4. The van der Waals surface area contributed by atoms with Gasteiger partial charge in [-0.05, 0) is 55.8 Å². The lowest BCUT2D eigenvalue weighted by molar-refractivity contribution is 0.102. The number of nitrogens with two attached hydrogens (primary N) is 1. The van der Waals surface area contributed by atoms with Gasteiger partial charge in [0, 0.05) is 22.0 Å². The zero-order chi connectivity index (χ0) is 15.4. The number of ether oxygens (including phenoxy) is 1. The van der Waals surface area contributed by atoms with Crippen LogP contribution in [-0.2, 0) is 0 Å². The Labute approximate surface area is 128 Å². The summed E-state index contributed by atoms with van der Waals surface area (Å²) in [6, 6.07) is 10.3. The van der Waals surface area contributed by atoms with E-state index in [-0.39, 0.29) is 5.91 Å². The SMILES string of the molecule is CCOc1ccc(NC(=O)c2cc(N)cc(Cl)c2)c(C)c1. The van der Waals surface area contributed by atoms with Crippen molar-refractivity contribution in [3.05, 3.63) is 52.5 Å². The lowest BCUT2D eigenvalue weighted by Crippen LogP contribution is -2.13. The van der Waals surface area contributed by atoms with Crippen LogP contribution in [0.2, 0.25) is 5.02 Å². The summed E-state index contributed by atoms with van der Waals surface area (Å²) in [5, 5.41) is 3.28. The van der Waals surface area contributed by atoms with Crippen LogP contribution in [0.3, 0.4) is 0 Å². The molecule has 0 aliphatic carbocycles. The number of benzene rings is 2. The molecule has 0 aliphatic rings. The van der Waals surface area contributed by atoms with Crippen molar-refractivity contribution in [2.75, 3.05) is 17.7 Å². The van der Waals surface area contributed by atoms with E-state index < -0.39 is 0 Å². The largest absolute Gasteiger partial charge is 0.494 e. The summed E-state index contributed by atoms with van der Waals surface area (Å²) in [7, 11) is 0. The van der Waals surface area contributed by atoms with Gasteiger partial charge in [0.15, 0.2) is 0 Å². The van der Waals surface area contributed by atoms with Crippen LogP contribution in [0.4, 0.5) is 11.4 Å². The van der Waals surface area contributed by atoms with Crippen LogP contribution in [0, 0.1) is 6.92 Å². The molecule has 0 bridgehead atoms. The summed E-state index contributed by atoms with van der Waals surface area (Å²) >= 11 is 5.91. The number of hydrogen-bond donors (Lipinski definition) is 2. The van der Waals surface area contributed by atoms with Gasteiger partial charge in [-0.25, -0.2) is 0 Å². The maximum Gasteiger partial charge on any atom is 0.255 e. The van der Waals surface area contributed by atoms with Crippen molar-refractivity contribution in [1.29, 1.82) is 0 Å². The van der Waals surface area contributed by atoms with Crippen LogP contribution in [-0.4, -0.2) is 12.5 Å². The molecule has 0 saturated carbocycles. The highest BCUT2D eigenvalue weighted by molar-refractivity contribution is 6.31. The third-order valence-corrected chi connectivity index (χ3v) is 3.16. The summed E-state index contributed by atoms with van der Waals surface area (Å²) < 4.78 is 5.42. The molecule has 0 aromatic heterocycles. The number of hydrogen-bond acceptors (Lipinski definition) is 3. The highest BCUT2D eigenvalue weighted by atomic mass is 35.5. The van der Waals surface area contributed by atoms with E-state index in [4.69, 9.17) is 22.1 Å². The van der Waals surface area contributed by atoms with Crippen LogP contribution < -0.4 is 15.8 Å². The number of nitrogens with one attached hydrogen (secondary N) is 1. The van der Waals surface area contributed by atoms with Crippen molar-refractivity contribution in [1.82, 2.24) is 0 Å². The fourth-order valence-corrected chi connectivity index (χ4v) is 2.21. The van der Waals surface area contributed by atoms with Gasteiger partial charge >= 0.3 is 0 Å². The minimum atomic E-state index is -0.253. The number of aryl methyl sites for hydroxylation is 1. The van der Waals surface area contributed by atoms with Gasteiger partial charge in [-0.2, -0.15) is 0 Å². The summed E-state index contributed by atoms with van der Waals surface area (Å²) in [5.74, 6) is 0.524. The number of anilines is 2. The molecule has 110 valence electrons. The van der Waals surface area contributed by atoms with Gasteiger partial charge in [-0.1, -0.05) is 11.6 Å². The van der Waals surface area contributed by atoms with E-state index in [0.717, 1.165) is 17.0 Å². The highest BCUT2D eigenvalue weighted by Gasteiger charge is 2.10. The first-order valence-electron chi connectivity index (χ1n) is 6.60. The molecule has 4 nitrogen and oxygen atoms in total. The van der Waals surface area contributed by atoms with Crippen molar-refractivity contribution in [3.63, 3.8) is 0 Å². The molecule has 0 heterocycles. The molecule has 3 N–H and O–H groups in total. The molecule has 2 rings (SSSR count). The summed E-state index contributed by atoms with van der Waals surface area (Å²) in [6.07, 6.45) is 0. The monoisotopic (exact) mass is 304 g/mol. The van der Waals surface area contributed by atoms with Crippen molar-refractivity contribution in [3.8, 4) is 5.75 Å². The van der Waals surface area contributed by atoms with E-state index in [1.807, 2.05) is 32.0 Å². The number of halogens is 1. The smallest absolute Gasteiger partial charge is 0.255 e. The van der Waals surface area contributed by atoms with Gasteiger partial charge in [0.25, 0.3) is 5.91 Å². The number of carbonyl (C=O) groups is 1. The van der Waals surface area contributed by atoms with Crippen molar-refractivity contribution < 1.29 is 9.53 Å². The first-order chi connectivity index (χ1) is 9.99. The number of carbonyl (C=O) groups excluding carboxylic acids is 1. The molecular weight excluding hydrogens is 288 g/mol. The van der Waals surface area contributed by atoms with Crippen molar-refractivity contribution in [2.24, 2.45) is 0 Å². The molecule has 21 heavy (non-hydrogen) atoms. The molecule has 2 aromatic carbocycles. The Morgan fingerprint density at radius 2 is 2.05 bits per heavy atom. The molecule has 1 amide bonds. The van der Waals surface area contributed by atoms with Gasteiger partial charge in [0.05, 0.1) is 6.61 Å². The average molecular weight is 305 g/mol. The number of nitrogen functional groups attached to an aromatic ring is 1. The Kier molecular flexibility index (Phi) is 4.70. The van der Waals surface area contributed by atoms with Crippen LogP contribution in [0.25, 0.3) is 0 Å². The van der Waals surface area contributed by atoms with Crippen LogP contribution in [0.15, 0.2) is 36.4 Å². The third kappa shape index (κ3) is 3.89. The Bertz CT molecular complexity index is 651. The zero-order valence-corrected chi connectivity index (χ0v) is 12.7. The molecule has 0 fully saturated rings. The van der Waals surface area contributed by atoms with Gasteiger partial charge in [-0.3, -0.25) is 4.79 Å². The molecule has 5 heteroatoms. The summed E-state index contributed by atoms with van der Waals surface area (Å²) in [6.45, 7) is 4.44. The van der Waals surface area contributed by atoms with Gasteiger partial charge < -0.3 is 15.8 Å². The Morgan fingerprint density at radius 1 is 1.29 bits per heavy atom. The Balaban J connectivity index is 2.19. The zero-order valence-electron chi connectivity index (χ0n) is 11.9. The predicted octanol–water partition coefficient (Wildman–Crippen LogP) is 3.88. The maximum absolute atomic E-state index is 12.2. The minimum absolute atomic E-state index is 0.253. The van der Waals surface area contributed by atoms with E-state index in [1.54, 1.807) is 18.2 Å². The van der Waals surface area contributed by atoms with Crippen LogP contribution in [0.1, 0.15) is 22.8 Å². The lowest BCUT2D eigenvalue weighted by atomic mass is 10.1. The van der Waals surface area contributed by atoms with Gasteiger partial charge in [0.1, 0.15) is 5.75 Å². The quantitative estimate of drug-likeness (QED) is 0.842. The fraction of sp³-hybridized carbons (Fsp3) is 0.188. The van der Waals surface area contributed by atoms with Gasteiger partial charge in [0.2, 0.25) is 0 Å². The second-order valence-corrected chi connectivity index (χ2v) is 5.07. The summed E-state index contributed by atoms with van der Waals surface area (Å²) in [4.78, 5) is 12.2. The van der Waals surface area contributed by atoms with Crippen LogP contribution >= 0.6 is 11.6 Å². The van der Waals surface area contributed by atoms with E-state index in [9.17, 15) is 4.79 Å². The maximum atomic E-state index is 12.2. The molecular formula is C16H17ClN2O2. The Morgan fingerprint density at radius 3 is 2.67 bits per heavy atom. The fourth-order valence-electron chi connectivity index (χ4n) is 1.97. The Hall–Kier alpha value is -2.20. The second-order valence-electron chi connectivity index (χ2n) is 4.64. The van der Waals surface area contributed by atoms with Crippen LogP contribution in [0.5, 0.6) is 5.75 Å². The van der Waals surface area contributed by atoms with Gasteiger partial charge in [-0.15, -0.1) is 0 Å². The molecule has 0 aliphatic heterocycles. The van der Waals surface area contributed by atoms with E-state index in [2.05, 4.69) is 5.32 Å². The summed E-state index contributed by atoms with van der Waals surface area (Å²) in [5.41, 5.74) is 8.22. The van der Waals surface area contributed by atoms with Crippen molar-refractivity contribution >= 4 is 28.9 Å². The standard InChI is InChI=1S/C16H17ClN2O2/c1-3-21-14-4-5-15(10(2)6-14)19-16(20)11-7-12(17)9-13(18)8-11/h4-9H,3,18H2,1-2H3,(H,19,20). The first-order valence-corrected chi connectivity index (χ1v) is 6.98. The molecule has 0 radical (unpaired) electrons. The minimum Gasteiger partial charge on any atom is -0.494 e.